The number of hydrogen-bond donors (Lipinski definition) is 1. The predicted molar refractivity (Wildman–Crippen MR) is 69.5 cm³/mol. The van der Waals surface area contributed by atoms with Crippen molar-refractivity contribution in [2.45, 2.75) is 38.5 Å². The average Bonchev–Trinajstić information content (AvgIpc) is 3.14. The minimum Gasteiger partial charge on any atom is -0.465 e. The summed E-state index contributed by atoms with van der Waals surface area (Å²) in [6, 6.07) is 4.88. The molecule has 1 aliphatic carbocycles. The highest BCUT2D eigenvalue weighted by Gasteiger charge is 2.32. The Morgan fingerprint density at radius 3 is 3.00 bits per heavy atom. The highest BCUT2D eigenvalue weighted by molar-refractivity contribution is 5.05. The first kappa shape index (κ1) is 12.2. The minimum absolute atomic E-state index is 0.329. The van der Waals surface area contributed by atoms with Crippen LogP contribution >= 0.6 is 0 Å². The fraction of sp³-hybridized carbons (Fsp3) is 0.714. The van der Waals surface area contributed by atoms with Crippen LogP contribution in [-0.2, 0) is 11.3 Å². The number of nitrogens with zero attached hydrogens (tertiary/aromatic N) is 1. The van der Waals surface area contributed by atoms with Crippen LogP contribution in [-0.4, -0.2) is 43.3 Å². The smallest absolute Gasteiger partial charge is 0.117 e. The summed E-state index contributed by atoms with van der Waals surface area (Å²) < 4.78 is 11.3. The van der Waals surface area contributed by atoms with Crippen molar-refractivity contribution >= 4 is 0 Å². The maximum absolute atomic E-state index is 5.79. The van der Waals surface area contributed by atoms with Crippen LogP contribution in [0.4, 0.5) is 0 Å². The van der Waals surface area contributed by atoms with Gasteiger partial charge in [0.1, 0.15) is 11.5 Å². The first-order valence-corrected chi connectivity index (χ1v) is 6.93. The van der Waals surface area contributed by atoms with Crippen molar-refractivity contribution in [3.63, 3.8) is 0 Å². The zero-order valence-corrected chi connectivity index (χ0v) is 11.0. The van der Waals surface area contributed by atoms with Crippen LogP contribution in [0.2, 0.25) is 0 Å². The van der Waals surface area contributed by atoms with Crippen molar-refractivity contribution in [1.29, 1.82) is 0 Å². The SMILES string of the molecule is Cc1ccc(CNCC2CN(C3CC3)CCO2)o1. The van der Waals surface area contributed by atoms with Gasteiger partial charge in [0.15, 0.2) is 0 Å². The molecule has 1 atom stereocenters. The van der Waals surface area contributed by atoms with Gasteiger partial charge in [-0.15, -0.1) is 0 Å². The Kier molecular flexibility index (Phi) is 3.68. The predicted octanol–water partition coefficient (Wildman–Crippen LogP) is 1.54. The van der Waals surface area contributed by atoms with E-state index >= 15 is 0 Å². The van der Waals surface area contributed by atoms with Crippen LogP contribution in [0.3, 0.4) is 0 Å². The summed E-state index contributed by atoms with van der Waals surface area (Å²) in [5, 5.41) is 3.42. The molecule has 100 valence electrons. The second-order valence-corrected chi connectivity index (χ2v) is 5.36. The Bertz CT molecular complexity index is 387. The molecule has 1 saturated heterocycles. The van der Waals surface area contributed by atoms with E-state index in [9.17, 15) is 0 Å². The summed E-state index contributed by atoms with van der Waals surface area (Å²) in [6.45, 7) is 6.73. The molecule has 0 bridgehead atoms. The topological polar surface area (TPSA) is 37.6 Å². The third-order valence-corrected chi connectivity index (χ3v) is 3.70. The van der Waals surface area contributed by atoms with Crippen LogP contribution in [0.15, 0.2) is 16.5 Å². The molecule has 0 amide bonds. The van der Waals surface area contributed by atoms with E-state index in [2.05, 4.69) is 10.2 Å². The van der Waals surface area contributed by atoms with E-state index in [4.69, 9.17) is 9.15 Å². The molecule has 0 radical (unpaired) electrons. The van der Waals surface area contributed by atoms with E-state index in [0.29, 0.717) is 6.10 Å². The standard InChI is InChI=1S/C14H22N2O2/c1-11-2-5-13(18-11)8-15-9-14-10-16(6-7-17-14)12-3-4-12/h2,5,12,14-15H,3-4,6-10H2,1H3. The van der Waals surface area contributed by atoms with E-state index in [1.54, 1.807) is 0 Å². The summed E-state index contributed by atoms with van der Waals surface area (Å²) in [4.78, 5) is 2.58. The molecule has 2 heterocycles. The van der Waals surface area contributed by atoms with Gasteiger partial charge in [-0.05, 0) is 31.9 Å². The lowest BCUT2D eigenvalue weighted by atomic mass is 10.2. The summed E-state index contributed by atoms with van der Waals surface area (Å²) in [5.41, 5.74) is 0. The zero-order chi connectivity index (χ0) is 12.4. The van der Waals surface area contributed by atoms with Gasteiger partial charge in [0.2, 0.25) is 0 Å². The lowest BCUT2D eigenvalue weighted by Crippen LogP contribution is -2.47. The van der Waals surface area contributed by atoms with Crippen molar-refractivity contribution in [1.82, 2.24) is 10.2 Å². The lowest BCUT2D eigenvalue weighted by molar-refractivity contribution is -0.0302. The second-order valence-electron chi connectivity index (χ2n) is 5.36. The number of nitrogens with one attached hydrogen (secondary N) is 1. The second kappa shape index (κ2) is 5.43. The van der Waals surface area contributed by atoms with Gasteiger partial charge in [-0.25, -0.2) is 0 Å². The van der Waals surface area contributed by atoms with Gasteiger partial charge in [0.05, 0.1) is 19.3 Å². The van der Waals surface area contributed by atoms with Gasteiger partial charge in [-0.1, -0.05) is 0 Å². The maximum Gasteiger partial charge on any atom is 0.117 e. The maximum atomic E-state index is 5.79. The molecule has 1 N–H and O–H groups in total. The molecule has 1 saturated carbocycles. The van der Waals surface area contributed by atoms with Crippen molar-refractivity contribution < 1.29 is 9.15 Å². The number of hydrogen-bond acceptors (Lipinski definition) is 4. The van der Waals surface area contributed by atoms with Gasteiger partial charge in [0, 0.05) is 25.7 Å². The molecule has 1 aromatic heterocycles. The van der Waals surface area contributed by atoms with Crippen LogP contribution in [0.25, 0.3) is 0 Å². The van der Waals surface area contributed by atoms with E-state index in [0.717, 1.165) is 50.3 Å². The fourth-order valence-corrected chi connectivity index (χ4v) is 2.57. The first-order valence-electron chi connectivity index (χ1n) is 6.93. The molecule has 3 rings (SSSR count). The summed E-state index contributed by atoms with van der Waals surface area (Å²) in [6.07, 6.45) is 3.09. The summed E-state index contributed by atoms with van der Waals surface area (Å²) >= 11 is 0. The lowest BCUT2D eigenvalue weighted by Gasteiger charge is -2.33. The van der Waals surface area contributed by atoms with E-state index in [-0.39, 0.29) is 0 Å². The van der Waals surface area contributed by atoms with Crippen molar-refractivity contribution in [2.24, 2.45) is 0 Å². The molecular formula is C14H22N2O2. The van der Waals surface area contributed by atoms with Crippen molar-refractivity contribution in [2.75, 3.05) is 26.2 Å². The van der Waals surface area contributed by atoms with E-state index in [1.807, 2.05) is 19.1 Å². The van der Waals surface area contributed by atoms with Gasteiger partial charge in [0.25, 0.3) is 0 Å². The van der Waals surface area contributed by atoms with Crippen LogP contribution < -0.4 is 5.32 Å². The first-order chi connectivity index (χ1) is 8.81. The van der Waals surface area contributed by atoms with Crippen LogP contribution in [0, 0.1) is 6.92 Å². The Balaban J connectivity index is 1.39. The molecule has 4 nitrogen and oxygen atoms in total. The molecule has 1 unspecified atom stereocenters. The molecule has 4 heteroatoms. The van der Waals surface area contributed by atoms with Crippen molar-refractivity contribution in [3.8, 4) is 0 Å². The molecule has 18 heavy (non-hydrogen) atoms. The summed E-state index contributed by atoms with van der Waals surface area (Å²) in [7, 11) is 0. The number of ether oxygens (including phenoxy) is 1. The minimum atomic E-state index is 0.329. The third kappa shape index (κ3) is 3.13. The number of morpholine rings is 1. The highest BCUT2D eigenvalue weighted by atomic mass is 16.5. The number of rotatable bonds is 5. The molecular weight excluding hydrogens is 228 g/mol. The third-order valence-electron chi connectivity index (χ3n) is 3.70. The Morgan fingerprint density at radius 1 is 1.39 bits per heavy atom. The van der Waals surface area contributed by atoms with Gasteiger partial charge >= 0.3 is 0 Å². The van der Waals surface area contributed by atoms with Gasteiger partial charge < -0.3 is 14.5 Å². The van der Waals surface area contributed by atoms with Gasteiger partial charge in [-0.2, -0.15) is 0 Å². The number of aryl methyl sites for hydroxylation is 1. The molecule has 1 aliphatic heterocycles. The fourth-order valence-electron chi connectivity index (χ4n) is 2.57. The number of furan rings is 1. The monoisotopic (exact) mass is 250 g/mol. The molecule has 2 aliphatic rings. The van der Waals surface area contributed by atoms with Crippen LogP contribution in [0.5, 0.6) is 0 Å². The highest BCUT2D eigenvalue weighted by Crippen LogP contribution is 2.28. The van der Waals surface area contributed by atoms with E-state index < -0.39 is 0 Å². The molecule has 1 aromatic rings. The molecule has 0 spiro atoms. The Hall–Kier alpha value is -0.840. The summed E-state index contributed by atoms with van der Waals surface area (Å²) in [5.74, 6) is 1.97. The van der Waals surface area contributed by atoms with E-state index in [1.165, 1.54) is 12.8 Å². The van der Waals surface area contributed by atoms with Crippen molar-refractivity contribution in [3.05, 3.63) is 23.7 Å². The average molecular weight is 250 g/mol. The zero-order valence-electron chi connectivity index (χ0n) is 11.0. The quantitative estimate of drug-likeness (QED) is 0.860. The van der Waals surface area contributed by atoms with Crippen LogP contribution in [0.1, 0.15) is 24.4 Å². The normalized spacial score (nSPS) is 25.5. The van der Waals surface area contributed by atoms with Gasteiger partial charge in [-0.3, -0.25) is 4.90 Å². The molecule has 2 fully saturated rings. The largest absolute Gasteiger partial charge is 0.465 e. The Morgan fingerprint density at radius 2 is 2.28 bits per heavy atom. The Labute approximate surface area is 108 Å². The molecule has 0 aromatic carbocycles.